The predicted octanol–water partition coefficient (Wildman–Crippen LogP) is 2.43. The van der Waals surface area contributed by atoms with Crippen LogP contribution in [-0.2, 0) is 6.54 Å². The summed E-state index contributed by atoms with van der Waals surface area (Å²) in [4.78, 5) is 16.0. The van der Waals surface area contributed by atoms with Gasteiger partial charge in [0, 0.05) is 31.7 Å². The third-order valence-corrected chi connectivity index (χ3v) is 4.18. The van der Waals surface area contributed by atoms with Crippen LogP contribution in [-0.4, -0.2) is 31.5 Å². The molecule has 126 valence electrons. The van der Waals surface area contributed by atoms with Gasteiger partial charge in [0.05, 0.1) is 0 Å². The van der Waals surface area contributed by atoms with Crippen molar-refractivity contribution in [2.45, 2.75) is 51.6 Å². The molecule has 5 nitrogen and oxygen atoms in total. The fourth-order valence-electron chi connectivity index (χ4n) is 2.86. The zero-order chi connectivity index (χ0) is 16.5. The van der Waals surface area contributed by atoms with Gasteiger partial charge in [-0.25, -0.2) is 0 Å². The van der Waals surface area contributed by atoms with Crippen molar-refractivity contribution in [3.05, 3.63) is 35.4 Å². The van der Waals surface area contributed by atoms with Crippen molar-refractivity contribution in [2.75, 3.05) is 13.6 Å². The minimum absolute atomic E-state index is 0.0261. The molecule has 0 spiro atoms. The average Bonchev–Trinajstić information content (AvgIpc) is 2.60. The number of carbonyl (C=O) groups excluding carboxylic acids is 1. The molecule has 0 heterocycles. The van der Waals surface area contributed by atoms with Crippen LogP contribution in [0.4, 0.5) is 0 Å². The van der Waals surface area contributed by atoms with E-state index in [0.717, 1.165) is 11.5 Å². The topological polar surface area (TPSA) is 65.5 Å². The van der Waals surface area contributed by atoms with Crippen molar-refractivity contribution in [2.24, 2.45) is 4.99 Å². The lowest BCUT2D eigenvalue weighted by molar-refractivity contribution is 0.0956. The van der Waals surface area contributed by atoms with Gasteiger partial charge in [-0.05, 0) is 37.5 Å². The fourth-order valence-corrected chi connectivity index (χ4v) is 2.86. The molecule has 0 aliphatic heterocycles. The van der Waals surface area contributed by atoms with Crippen molar-refractivity contribution < 1.29 is 4.79 Å². The molecule has 1 saturated carbocycles. The molecular formula is C18H28N4O. The molecule has 1 aromatic rings. The van der Waals surface area contributed by atoms with Gasteiger partial charge >= 0.3 is 0 Å². The summed E-state index contributed by atoms with van der Waals surface area (Å²) in [5, 5.41) is 9.64. The van der Waals surface area contributed by atoms with Crippen LogP contribution >= 0.6 is 0 Å². The Kier molecular flexibility index (Phi) is 6.91. The van der Waals surface area contributed by atoms with E-state index in [4.69, 9.17) is 0 Å². The first-order chi connectivity index (χ1) is 11.2. The van der Waals surface area contributed by atoms with E-state index in [0.29, 0.717) is 24.7 Å². The summed E-state index contributed by atoms with van der Waals surface area (Å²) in [5.41, 5.74) is 1.82. The molecule has 0 bridgehead atoms. The zero-order valence-corrected chi connectivity index (χ0v) is 14.2. The molecule has 2 rings (SSSR count). The molecule has 1 aromatic carbocycles. The van der Waals surface area contributed by atoms with Crippen LogP contribution in [0.15, 0.2) is 29.3 Å². The number of guanidine groups is 1. The standard InChI is InChI=1S/C18H28N4O/c1-3-20-17(23)15-11-9-14(10-12-15)13-21-18(19-2)22-16-7-5-4-6-8-16/h9-12,16H,3-8,13H2,1-2H3,(H,20,23)(H2,19,21,22). The molecular weight excluding hydrogens is 288 g/mol. The Hall–Kier alpha value is -2.04. The number of hydrogen-bond acceptors (Lipinski definition) is 2. The Bertz CT molecular complexity index is 518. The van der Waals surface area contributed by atoms with Crippen molar-refractivity contribution >= 4 is 11.9 Å². The summed E-state index contributed by atoms with van der Waals surface area (Å²) in [6, 6.07) is 8.21. The number of hydrogen-bond donors (Lipinski definition) is 3. The number of benzene rings is 1. The number of nitrogens with one attached hydrogen (secondary N) is 3. The second-order valence-electron chi connectivity index (χ2n) is 5.96. The zero-order valence-electron chi connectivity index (χ0n) is 14.2. The van der Waals surface area contributed by atoms with Crippen LogP contribution in [0, 0.1) is 0 Å². The van der Waals surface area contributed by atoms with Crippen LogP contribution < -0.4 is 16.0 Å². The first-order valence-corrected chi connectivity index (χ1v) is 8.57. The van der Waals surface area contributed by atoms with Crippen molar-refractivity contribution in [1.82, 2.24) is 16.0 Å². The maximum Gasteiger partial charge on any atom is 0.251 e. The van der Waals surface area contributed by atoms with Crippen LogP contribution in [0.3, 0.4) is 0 Å². The Balaban J connectivity index is 1.82. The van der Waals surface area contributed by atoms with E-state index in [-0.39, 0.29) is 5.91 Å². The van der Waals surface area contributed by atoms with Crippen molar-refractivity contribution in [1.29, 1.82) is 0 Å². The van der Waals surface area contributed by atoms with E-state index in [9.17, 15) is 4.79 Å². The van der Waals surface area contributed by atoms with Gasteiger partial charge in [0.25, 0.3) is 5.91 Å². The van der Waals surface area contributed by atoms with E-state index in [1.807, 2.05) is 31.2 Å². The van der Waals surface area contributed by atoms with Crippen LogP contribution in [0.25, 0.3) is 0 Å². The molecule has 0 unspecified atom stereocenters. The van der Waals surface area contributed by atoms with E-state index in [2.05, 4.69) is 20.9 Å². The van der Waals surface area contributed by atoms with Crippen LogP contribution in [0.1, 0.15) is 54.9 Å². The van der Waals surface area contributed by atoms with Crippen molar-refractivity contribution in [3.63, 3.8) is 0 Å². The molecule has 23 heavy (non-hydrogen) atoms. The average molecular weight is 316 g/mol. The summed E-state index contributed by atoms with van der Waals surface area (Å²) < 4.78 is 0. The molecule has 5 heteroatoms. The maximum atomic E-state index is 11.7. The van der Waals surface area contributed by atoms with Crippen LogP contribution in [0.2, 0.25) is 0 Å². The molecule has 1 aliphatic rings. The highest BCUT2D eigenvalue weighted by Gasteiger charge is 2.14. The number of rotatable bonds is 5. The van der Waals surface area contributed by atoms with Gasteiger partial charge < -0.3 is 16.0 Å². The van der Waals surface area contributed by atoms with Gasteiger partial charge in [-0.2, -0.15) is 0 Å². The Morgan fingerprint density at radius 3 is 2.43 bits per heavy atom. The highest BCUT2D eigenvalue weighted by Crippen LogP contribution is 2.17. The van der Waals surface area contributed by atoms with Gasteiger partial charge in [-0.1, -0.05) is 31.4 Å². The Morgan fingerprint density at radius 2 is 1.83 bits per heavy atom. The highest BCUT2D eigenvalue weighted by molar-refractivity contribution is 5.94. The van der Waals surface area contributed by atoms with E-state index >= 15 is 0 Å². The summed E-state index contributed by atoms with van der Waals surface area (Å²) in [6.45, 7) is 3.26. The number of carbonyl (C=O) groups is 1. The van der Waals surface area contributed by atoms with Gasteiger partial charge in [0.2, 0.25) is 0 Å². The van der Waals surface area contributed by atoms with E-state index in [1.54, 1.807) is 7.05 Å². The summed E-state index contributed by atoms with van der Waals surface area (Å²) in [5.74, 6) is 0.825. The molecule has 0 saturated heterocycles. The quantitative estimate of drug-likeness (QED) is 0.577. The normalized spacial score (nSPS) is 16.0. The van der Waals surface area contributed by atoms with E-state index in [1.165, 1.54) is 32.1 Å². The molecule has 1 aliphatic carbocycles. The van der Waals surface area contributed by atoms with Crippen LogP contribution in [0.5, 0.6) is 0 Å². The SMILES string of the molecule is CCNC(=O)c1ccc(CNC(=NC)NC2CCCCC2)cc1. The third kappa shape index (κ3) is 5.58. The molecule has 0 radical (unpaired) electrons. The predicted molar refractivity (Wildman–Crippen MR) is 94.7 cm³/mol. The maximum absolute atomic E-state index is 11.7. The summed E-state index contributed by atoms with van der Waals surface area (Å²) >= 11 is 0. The lowest BCUT2D eigenvalue weighted by atomic mass is 9.96. The Morgan fingerprint density at radius 1 is 1.13 bits per heavy atom. The smallest absolute Gasteiger partial charge is 0.251 e. The number of nitrogens with zero attached hydrogens (tertiary/aromatic N) is 1. The lowest BCUT2D eigenvalue weighted by Crippen LogP contribution is -2.43. The molecule has 0 aromatic heterocycles. The monoisotopic (exact) mass is 316 g/mol. The first-order valence-electron chi connectivity index (χ1n) is 8.57. The highest BCUT2D eigenvalue weighted by atomic mass is 16.1. The molecule has 3 N–H and O–H groups in total. The molecule has 1 amide bonds. The fraction of sp³-hybridized carbons (Fsp3) is 0.556. The Labute approximate surface area is 139 Å². The second-order valence-corrected chi connectivity index (χ2v) is 5.96. The minimum Gasteiger partial charge on any atom is -0.354 e. The van der Waals surface area contributed by atoms with Gasteiger partial charge in [0.15, 0.2) is 5.96 Å². The van der Waals surface area contributed by atoms with Gasteiger partial charge in [-0.3, -0.25) is 9.79 Å². The van der Waals surface area contributed by atoms with Gasteiger partial charge in [-0.15, -0.1) is 0 Å². The second kappa shape index (κ2) is 9.18. The summed E-state index contributed by atoms with van der Waals surface area (Å²) in [7, 11) is 1.80. The number of aliphatic imine (C=N–C) groups is 1. The molecule has 0 atom stereocenters. The third-order valence-electron chi connectivity index (χ3n) is 4.18. The largest absolute Gasteiger partial charge is 0.354 e. The van der Waals surface area contributed by atoms with Crippen molar-refractivity contribution in [3.8, 4) is 0 Å². The molecule has 1 fully saturated rings. The number of amides is 1. The minimum atomic E-state index is -0.0261. The lowest BCUT2D eigenvalue weighted by Gasteiger charge is -2.24. The first kappa shape index (κ1) is 17.3. The summed E-state index contributed by atoms with van der Waals surface area (Å²) in [6.07, 6.45) is 6.40. The van der Waals surface area contributed by atoms with Gasteiger partial charge in [0.1, 0.15) is 0 Å². The van der Waals surface area contributed by atoms with E-state index < -0.39 is 0 Å².